The van der Waals surface area contributed by atoms with Crippen molar-refractivity contribution in [3.8, 4) is 0 Å². The standard InChI is InChI=1S/C29H37BrN4O2S/c1-29(2,3)20-6-9-23-19(16-20)17-25-27(32-23)37-28(33-25)26(36)31-24(18-4-7-21(30)8-5-18)12-15-34-13-10-22(35)11-14-34/h4-5,7-8,17,20,22,24,35H,6,9-16H2,1-3H3,(H,31,36)/t20-,24+/m0/s1. The van der Waals surface area contributed by atoms with Crippen LogP contribution in [0.4, 0.5) is 0 Å². The maximum absolute atomic E-state index is 13.4. The van der Waals surface area contributed by atoms with E-state index in [9.17, 15) is 9.90 Å². The predicted octanol–water partition coefficient (Wildman–Crippen LogP) is 5.92. The minimum Gasteiger partial charge on any atom is -0.393 e. The quantitative estimate of drug-likeness (QED) is 0.376. The summed E-state index contributed by atoms with van der Waals surface area (Å²) in [4.78, 5) is 26.3. The van der Waals surface area contributed by atoms with Gasteiger partial charge in [0.1, 0.15) is 10.3 Å². The van der Waals surface area contributed by atoms with Gasteiger partial charge in [-0.25, -0.2) is 9.97 Å². The predicted molar refractivity (Wildman–Crippen MR) is 153 cm³/mol. The number of aliphatic hydroxyl groups excluding tert-OH is 1. The number of aliphatic hydroxyl groups is 1. The van der Waals surface area contributed by atoms with Crippen molar-refractivity contribution in [1.82, 2.24) is 20.2 Å². The number of benzene rings is 1. The van der Waals surface area contributed by atoms with Gasteiger partial charge in [0.2, 0.25) is 0 Å². The Morgan fingerprint density at radius 1 is 1.19 bits per heavy atom. The van der Waals surface area contributed by atoms with E-state index in [-0.39, 0.29) is 23.5 Å². The Balaban J connectivity index is 1.32. The fraction of sp³-hybridized carbons (Fsp3) is 0.552. The van der Waals surface area contributed by atoms with Crippen molar-refractivity contribution in [2.45, 2.75) is 71.4 Å². The summed E-state index contributed by atoms with van der Waals surface area (Å²) >= 11 is 4.91. The minimum atomic E-state index is -0.184. The Kier molecular flexibility index (Phi) is 8.01. The lowest BCUT2D eigenvalue weighted by atomic mass is 9.71. The molecule has 5 rings (SSSR count). The fourth-order valence-corrected chi connectivity index (χ4v) is 6.65. The van der Waals surface area contributed by atoms with Crippen LogP contribution in [0.15, 0.2) is 34.8 Å². The van der Waals surface area contributed by atoms with E-state index in [4.69, 9.17) is 9.97 Å². The van der Waals surface area contributed by atoms with Crippen molar-refractivity contribution in [3.05, 3.63) is 56.6 Å². The lowest BCUT2D eigenvalue weighted by molar-refractivity contribution is 0.0795. The van der Waals surface area contributed by atoms with Gasteiger partial charge in [-0.1, -0.05) is 60.2 Å². The van der Waals surface area contributed by atoms with Crippen LogP contribution in [0.3, 0.4) is 0 Å². The summed E-state index contributed by atoms with van der Waals surface area (Å²) in [7, 11) is 0. The number of likely N-dealkylation sites (tertiary alicyclic amines) is 1. The van der Waals surface area contributed by atoms with Crippen LogP contribution in [0.1, 0.15) is 79.1 Å². The first-order chi connectivity index (χ1) is 17.7. The molecular formula is C29H37BrN4O2S. The summed E-state index contributed by atoms with van der Waals surface area (Å²) in [5, 5.41) is 13.6. The number of pyridine rings is 1. The number of hydrogen-bond donors (Lipinski definition) is 2. The zero-order valence-corrected chi connectivity index (χ0v) is 24.4. The maximum Gasteiger partial charge on any atom is 0.280 e. The summed E-state index contributed by atoms with van der Waals surface area (Å²) in [6.07, 6.45) is 5.42. The molecule has 198 valence electrons. The molecule has 8 heteroatoms. The molecule has 1 aromatic carbocycles. The summed E-state index contributed by atoms with van der Waals surface area (Å²) in [5.74, 6) is 0.492. The molecule has 37 heavy (non-hydrogen) atoms. The number of fused-ring (bicyclic) bond motifs is 2. The topological polar surface area (TPSA) is 78.4 Å². The van der Waals surface area contributed by atoms with Crippen LogP contribution in [-0.2, 0) is 12.8 Å². The summed E-state index contributed by atoms with van der Waals surface area (Å²) in [5.41, 5.74) is 4.64. The molecule has 1 amide bonds. The van der Waals surface area contributed by atoms with E-state index in [2.05, 4.69) is 65.1 Å². The molecule has 2 aromatic heterocycles. The van der Waals surface area contributed by atoms with Gasteiger partial charge in [0, 0.05) is 29.8 Å². The highest BCUT2D eigenvalue weighted by Gasteiger charge is 2.30. The second-order valence-corrected chi connectivity index (χ2v) is 13.6. The van der Waals surface area contributed by atoms with Crippen LogP contribution < -0.4 is 5.32 Å². The maximum atomic E-state index is 13.4. The average molecular weight is 586 g/mol. The van der Waals surface area contributed by atoms with Gasteiger partial charge < -0.3 is 15.3 Å². The SMILES string of the molecule is CC(C)(C)[C@H]1CCc2nc3sc(C(=O)N[C@H](CCN4CCC(O)CC4)c4ccc(Br)cc4)nc3cc2C1. The Hall–Kier alpha value is -1.87. The van der Waals surface area contributed by atoms with Crippen LogP contribution in [0, 0.1) is 11.3 Å². The second-order valence-electron chi connectivity index (χ2n) is 11.7. The number of aromatic nitrogens is 2. The number of carbonyl (C=O) groups is 1. The summed E-state index contributed by atoms with van der Waals surface area (Å²) in [6, 6.07) is 10.2. The molecule has 6 nitrogen and oxygen atoms in total. The molecule has 0 radical (unpaired) electrons. The van der Waals surface area contributed by atoms with Gasteiger partial charge in [0.25, 0.3) is 5.91 Å². The van der Waals surface area contributed by atoms with Gasteiger partial charge in [0.15, 0.2) is 5.01 Å². The average Bonchev–Trinajstić information content (AvgIpc) is 3.28. The van der Waals surface area contributed by atoms with E-state index < -0.39 is 0 Å². The fourth-order valence-electron chi connectivity index (χ4n) is 5.54. The minimum absolute atomic E-state index is 0.117. The number of nitrogens with zero attached hydrogens (tertiary/aromatic N) is 3. The Bertz CT molecular complexity index is 1250. The lowest BCUT2D eigenvalue weighted by Crippen LogP contribution is -2.38. The molecule has 3 aromatic rings. The number of aryl methyl sites for hydroxylation is 1. The van der Waals surface area contributed by atoms with Gasteiger partial charge in [-0.05, 0) is 79.2 Å². The van der Waals surface area contributed by atoms with Gasteiger partial charge in [-0.2, -0.15) is 0 Å². The molecule has 3 heterocycles. The number of piperidine rings is 1. The largest absolute Gasteiger partial charge is 0.393 e. The van der Waals surface area contributed by atoms with Gasteiger partial charge in [0.05, 0.1) is 12.1 Å². The van der Waals surface area contributed by atoms with Crippen molar-refractivity contribution in [3.63, 3.8) is 0 Å². The van der Waals surface area contributed by atoms with Crippen molar-refractivity contribution < 1.29 is 9.90 Å². The lowest BCUT2D eigenvalue weighted by Gasteiger charge is -2.34. The van der Waals surface area contributed by atoms with E-state index in [0.717, 1.165) is 78.5 Å². The molecule has 2 aliphatic rings. The van der Waals surface area contributed by atoms with Gasteiger partial charge in [-0.3, -0.25) is 4.79 Å². The second kappa shape index (κ2) is 11.1. The summed E-state index contributed by atoms with van der Waals surface area (Å²) in [6.45, 7) is 9.61. The normalized spacial score (nSPS) is 20.1. The van der Waals surface area contributed by atoms with Gasteiger partial charge >= 0.3 is 0 Å². The molecule has 1 saturated heterocycles. The highest BCUT2D eigenvalue weighted by molar-refractivity contribution is 9.10. The monoisotopic (exact) mass is 584 g/mol. The first-order valence-electron chi connectivity index (χ1n) is 13.4. The van der Waals surface area contributed by atoms with E-state index in [0.29, 0.717) is 10.9 Å². The smallest absolute Gasteiger partial charge is 0.280 e. The molecule has 2 atom stereocenters. The molecule has 1 aliphatic carbocycles. The van der Waals surface area contributed by atoms with Crippen LogP contribution >= 0.6 is 27.3 Å². The molecule has 2 N–H and O–H groups in total. The van der Waals surface area contributed by atoms with E-state index in [1.54, 1.807) is 0 Å². The summed E-state index contributed by atoms with van der Waals surface area (Å²) < 4.78 is 1.02. The molecule has 0 saturated carbocycles. The Labute approximate surface area is 232 Å². The molecular weight excluding hydrogens is 548 g/mol. The van der Waals surface area contributed by atoms with Crippen molar-refractivity contribution >= 4 is 43.5 Å². The van der Waals surface area contributed by atoms with Crippen LogP contribution in [0.2, 0.25) is 0 Å². The van der Waals surface area contributed by atoms with Crippen molar-refractivity contribution in [2.75, 3.05) is 19.6 Å². The van der Waals surface area contributed by atoms with Crippen LogP contribution in [0.5, 0.6) is 0 Å². The number of carbonyl (C=O) groups excluding carboxylic acids is 1. The van der Waals surface area contributed by atoms with E-state index >= 15 is 0 Å². The highest BCUT2D eigenvalue weighted by Crippen LogP contribution is 2.38. The molecule has 1 fully saturated rings. The van der Waals surface area contributed by atoms with E-state index in [1.165, 1.54) is 22.6 Å². The number of thiazole rings is 1. The number of hydrogen-bond acceptors (Lipinski definition) is 6. The van der Waals surface area contributed by atoms with Crippen LogP contribution in [0.25, 0.3) is 10.3 Å². The highest BCUT2D eigenvalue weighted by atomic mass is 79.9. The molecule has 0 bridgehead atoms. The van der Waals surface area contributed by atoms with Gasteiger partial charge in [-0.15, -0.1) is 0 Å². The number of halogens is 1. The first kappa shape index (κ1) is 26.7. The number of amides is 1. The molecule has 1 aliphatic heterocycles. The molecule has 0 spiro atoms. The molecule has 0 unspecified atom stereocenters. The first-order valence-corrected chi connectivity index (χ1v) is 15.0. The van der Waals surface area contributed by atoms with Crippen LogP contribution in [-0.4, -0.2) is 51.6 Å². The van der Waals surface area contributed by atoms with Crippen molar-refractivity contribution in [1.29, 1.82) is 0 Å². The Morgan fingerprint density at radius 2 is 1.92 bits per heavy atom. The van der Waals surface area contributed by atoms with E-state index in [1.807, 2.05) is 12.1 Å². The van der Waals surface area contributed by atoms with Crippen molar-refractivity contribution in [2.24, 2.45) is 11.3 Å². The third-order valence-electron chi connectivity index (χ3n) is 8.04. The zero-order chi connectivity index (χ0) is 26.2. The number of nitrogens with one attached hydrogen (secondary N) is 1. The third kappa shape index (κ3) is 6.41. The third-order valence-corrected chi connectivity index (χ3v) is 9.53. The Morgan fingerprint density at radius 3 is 2.62 bits per heavy atom. The number of rotatable bonds is 6. The zero-order valence-electron chi connectivity index (χ0n) is 22.0.